The van der Waals surface area contributed by atoms with Gasteiger partial charge < -0.3 is 9.84 Å². The molecule has 1 rings (SSSR count). The summed E-state index contributed by atoms with van der Waals surface area (Å²) in [5.74, 6) is 1.33. The Morgan fingerprint density at radius 2 is 1.56 bits per heavy atom. The molecule has 0 bridgehead atoms. The van der Waals surface area contributed by atoms with E-state index < -0.39 is 0 Å². The zero-order valence-electron chi connectivity index (χ0n) is 12.5. The first kappa shape index (κ1) is 14.9. The van der Waals surface area contributed by atoms with E-state index in [1.54, 1.807) is 7.11 Å². The van der Waals surface area contributed by atoms with Gasteiger partial charge >= 0.3 is 0 Å². The molecule has 0 amide bonds. The van der Waals surface area contributed by atoms with Crippen molar-refractivity contribution in [2.75, 3.05) is 7.11 Å². The molecule has 1 heterocycles. The Morgan fingerprint density at radius 1 is 1.00 bits per heavy atom. The van der Waals surface area contributed by atoms with Gasteiger partial charge in [0.1, 0.15) is 11.5 Å². The van der Waals surface area contributed by atoms with Crippen LogP contribution < -0.4 is 4.74 Å². The van der Waals surface area contributed by atoms with Crippen LogP contribution in [0.4, 0.5) is 0 Å². The fourth-order valence-electron chi connectivity index (χ4n) is 1.66. The summed E-state index contributed by atoms with van der Waals surface area (Å²) in [4.78, 5) is 9.07. The van der Waals surface area contributed by atoms with E-state index in [1.165, 1.54) is 0 Å². The van der Waals surface area contributed by atoms with Gasteiger partial charge in [0.15, 0.2) is 5.75 Å². The minimum atomic E-state index is -0.157. The normalized spacial score (nSPS) is 12.7. The maximum atomic E-state index is 9.46. The number of aromatic nitrogens is 2. The molecule has 0 atom stereocenters. The maximum Gasteiger partial charge on any atom is 0.164 e. The van der Waals surface area contributed by atoms with E-state index >= 15 is 0 Å². The maximum absolute atomic E-state index is 9.46. The fourth-order valence-corrected chi connectivity index (χ4v) is 1.66. The van der Waals surface area contributed by atoms with E-state index in [0.29, 0.717) is 11.4 Å². The van der Waals surface area contributed by atoms with Crippen molar-refractivity contribution < 1.29 is 9.84 Å². The van der Waals surface area contributed by atoms with Crippen LogP contribution in [0.15, 0.2) is 0 Å². The smallest absolute Gasteiger partial charge is 0.164 e. The van der Waals surface area contributed by atoms with Crippen LogP contribution in [-0.2, 0) is 17.4 Å². The molecule has 4 heteroatoms. The number of aliphatic hydroxyl groups is 1. The number of methoxy groups -OCH3 is 1. The van der Waals surface area contributed by atoms with Gasteiger partial charge in [-0.15, -0.1) is 0 Å². The summed E-state index contributed by atoms with van der Waals surface area (Å²) in [5.41, 5.74) is 1.09. The lowest BCUT2D eigenvalue weighted by molar-refractivity contribution is 0.263. The molecular formula is C14H24N2O2. The molecule has 102 valence electrons. The predicted molar refractivity (Wildman–Crippen MR) is 71.9 cm³/mol. The highest BCUT2D eigenvalue weighted by atomic mass is 16.5. The number of hydrogen-bond donors (Lipinski definition) is 1. The zero-order chi connectivity index (χ0) is 14.1. The lowest BCUT2D eigenvalue weighted by Gasteiger charge is -2.26. The van der Waals surface area contributed by atoms with Crippen LogP contribution in [0.5, 0.6) is 5.75 Å². The van der Waals surface area contributed by atoms with Gasteiger partial charge in [-0.3, -0.25) is 0 Å². The molecule has 0 saturated heterocycles. The first-order valence-electron chi connectivity index (χ1n) is 6.18. The predicted octanol–water partition coefficient (Wildman–Crippen LogP) is 2.57. The summed E-state index contributed by atoms with van der Waals surface area (Å²) < 4.78 is 5.38. The molecule has 0 saturated carbocycles. The highest BCUT2D eigenvalue weighted by Crippen LogP contribution is 2.33. The largest absolute Gasteiger partial charge is 0.493 e. The monoisotopic (exact) mass is 252 g/mol. The van der Waals surface area contributed by atoms with E-state index in [2.05, 4.69) is 51.5 Å². The fraction of sp³-hybridized carbons (Fsp3) is 0.714. The van der Waals surface area contributed by atoms with E-state index in [9.17, 15) is 5.11 Å². The van der Waals surface area contributed by atoms with Gasteiger partial charge in [0, 0.05) is 10.8 Å². The van der Waals surface area contributed by atoms with Crippen molar-refractivity contribution in [2.24, 2.45) is 0 Å². The minimum Gasteiger partial charge on any atom is -0.493 e. The molecule has 0 aliphatic carbocycles. The Hall–Kier alpha value is -1.16. The van der Waals surface area contributed by atoms with Crippen LogP contribution in [0.2, 0.25) is 0 Å². The lowest BCUT2D eigenvalue weighted by Crippen LogP contribution is -2.24. The van der Waals surface area contributed by atoms with Crippen LogP contribution in [0.3, 0.4) is 0 Å². The summed E-state index contributed by atoms with van der Waals surface area (Å²) in [6.07, 6.45) is 0. The SMILES string of the molecule is COc1c(CO)nc(C(C)(C)C)nc1C(C)(C)C. The third-order valence-corrected chi connectivity index (χ3v) is 2.67. The van der Waals surface area contributed by atoms with Crippen molar-refractivity contribution in [3.8, 4) is 5.75 Å². The molecule has 1 aromatic rings. The Kier molecular flexibility index (Phi) is 4.01. The first-order chi connectivity index (χ1) is 8.11. The van der Waals surface area contributed by atoms with Crippen LogP contribution in [0, 0.1) is 0 Å². The van der Waals surface area contributed by atoms with Crippen molar-refractivity contribution in [1.29, 1.82) is 0 Å². The second-order valence-corrected chi connectivity index (χ2v) is 6.53. The Bertz CT molecular complexity index is 429. The van der Waals surface area contributed by atoms with Gasteiger partial charge in [0.2, 0.25) is 0 Å². The van der Waals surface area contributed by atoms with Gasteiger partial charge in [0.25, 0.3) is 0 Å². The Morgan fingerprint density at radius 3 is 1.89 bits per heavy atom. The first-order valence-corrected chi connectivity index (χ1v) is 6.18. The Labute approximate surface area is 109 Å². The molecule has 0 aliphatic rings. The minimum absolute atomic E-state index is 0.141. The highest BCUT2D eigenvalue weighted by Gasteiger charge is 2.28. The molecule has 1 aromatic heterocycles. The van der Waals surface area contributed by atoms with Gasteiger partial charge in [-0.1, -0.05) is 41.5 Å². The standard InChI is InChI=1S/C14H24N2O2/c1-13(2,3)11-10(18-7)9(8-17)15-12(16-11)14(4,5)6/h17H,8H2,1-7H3. The van der Waals surface area contributed by atoms with E-state index in [1.807, 2.05) is 0 Å². The zero-order valence-corrected chi connectivity index (χ0v) is 12.5. The molecule has 0 radical (unpaired) electrons. The summed E-state index contributed by atoms with van der Waals surface area (Å²) in [6, 6.07) is 0. The number of hydrogen-bond acceptors (Lipinski definition) is 4. The summed E-state index contributed by atoms with van der Waals surface area (Å²) in [7, 11) is 1.59. The average molecular weight is 252 g/mol. The van der Waals surface area contributed by atoms with Crippen molar-refractivity contribution in [2.45, 2.75) is 59.0 Å². The summed E-state index contributed by atoms with van der Waals surface area (Å²) in [5, 5.41) is 9.46. The molecular weight excluding hydrogens is 228 g/mol. The van der Waals surface area contributed by atoms with E-state index in [-0.39, 0.29) is 17.4 Å². The van der Waals surface area contributed by atoms with Crippen molar-refractivity contribution in [3.63, 3.8) is 0 Å². The molecule has 0 fully saturated rings. The van der Waals surface area contributed by atoms with Crippen LogP contribution in [0.25, 0.3) is 0 Å². The van der Waals surface area contributed by atoms with Crippen LogP contribution >= 0.6 is 0 Å². The molecule has 4 nitrogen and oxygen atoms in total. The van der Waals surface area contributed by atoms with Crippen molar-refractivity contribution in [3.05, 3.63) is 17.2 Å². The van der Waals surface area contributed by atoms with Gasteiger partial charge in [-0.2, -0.15) is 0 Å². The second-order valence-electron chi connectivity index (χ2n) is 6.53. The molecule has 0 unspecified atom stereocenters. The third-order valence-electron chi connectivity index (χ3n) is 2.67. The van der Waals surface area contributed by atoms with Crippen LogP contribution in [0.1, 0.15) is 58.8 Å². The van der Waals surface area contributed by atoms with Gasteiger partial charge in [-0.25, -0.2) is 9.97 Å². The molecule has 18 heavy (non-hydrogen) atoms. The molecule has 1 N–H and O–H groups in total. The van der Waals surface area contributed by atoms with Crippen LogP contribution in [-0.4, -0.2) is 22.2 Å². The molecule has 0 aromatic carbocycles. The third kappa shape index (κ3) is 2.99. The number of nitrogens with zero attached hydrogens (tertiary/aromatic N) is 2. The topological polar surface area (TPSA) is 55.2 Å². The molecule has 0 spiro atoms. The number of rotatable bonds is 2. The number of aliphatic hydroxyl groups excluding tert-OH is 1. The van der Waals surface area contributed by atoms with Gasteiger partial charge in [-0.05, 0) is 0 Å². The van der Waals surface area contributed by atoms with E-state index in [0.717, 1.165) is 11.5 Å². The summed E-state index contributed by atoms with van der Waals surface area (Å²) in [6.45, 7) is 12.3. The highest BCUT2D eigenvalue weighted by molar-refractivity contribution is 5.38. The second kappa shape index (κ2) is 4.84. The van der Waals surface area contributed by atoms with E-state index in [4.69, 9.17) is 4.74 Å². The number of ether oxygens (including phenoxy) is 1. The van der Waals surface area contributed by atoms with Crippen molar-refractivity contribution >= 4 is 0 Å². The quantitative estimate of drug-likeness (QED) is 0.879. The van der Waals surface area contributed by atoms with Gasteiger partial charge in [0.05, 0.1) is 19.4 Å². The Balaban J connectivity index is 3.57. The average Bonchev–Trinajstić information content (AvgIpc) is 2.24. The van der Waals surface area contributed by atoms with Crippen molar-refractivity contribution in [1.82, 2.24) is 9.97 Å². The lowest BCUT2D eigenvalue weighted by atomic mass is 9.89. The molecule has 0 aliphatic heterocycles. The summed E-state index contributed by atoms with van der Waals surface area (Å²) >= 11 is 0.